The molecule has 1 N–H and O–H groups in total. The van der Waals surface area contributed by atoms with Gasteiger partial charge in [-0.15, -0.1) is 11.8 Å². The van der Waals surface area contributed by atoms with Gasteiger partial charge in [-0.1, -0.05) is 16.5 Å². The molecular weight excluding hydrogens is 358 g/mol. The third kappa shape index (κ3) is 4.32. The number of thiazole rings is 1. The Morgan fingerprint density at radius 2 is 2.24 bits per heavy atom. The maximum absolute atomic E-state index is 12.1. The van der Waals surface area contributed by atoms with Crippen LogP contribution in [-0.4, -0.2) is 28.4 Å². The minimum atomic E-state index is -0.0687. The number of benzene rings is 1. The van der Waals surface area contributed by atoms with E-state index in [1.165, 1.54) is 23.1 Å². The molecule has 25 heavy (non-hydrogen) atoms. The van der Waals surface area contributed by atoms with Gasteiger partial charge in [0.2, 0.25) is 5.91 Å². The zero-order valence-electron chi connectivity index (χ0n) is 14.3. The lowest BCUT2D eigenvalue weighted by Gasteiger charge is -2.02. The first-order chi connectivity index (χ1) is 12.1. The van der Waals surface area contributed by atoms with E-state index in [0.717, 1.165) is 33.0 Å². The van der Waals surface area contributed by atoms with Crippen molar-refractivity contribution in [2.45, 2.75) is 26.5 Å². The van der Waals surface area contributed by atoms with Crippen LogP contribution in [-0.2, 0) is 10.5 Å². The number of carbonyl (C=O) groups is 1. The zero-order valence-corrected chi connectivity index (χ0v) is 15.9. The summed E-state index contributed by atoms with van der Waals surface area (Å²) < 4.78 is 11.6. The molecule has 0 saturated heterocycles. The molecule has 1 aromatic carbocycles. The Morgan fingerprint density at radius 1 is 1.40 bits per heavy atom. The van der Waals surface area contributed by atoms with Gasteiger partial charge in [-0.3, -0.25) is 4.79 Å². The van der Waals surface area contributed by atoms with Crippen molar-refractivity contribution in [1.29, 1.82) is 0 Å². The number of amides is 1. The number of anilines is 1. The number of thioether (sulfide) groups is 1. The lowest BCUT2D eigenvalue weighted by Crippen LogP contribution is -2.13. The number of nitrogens with zero attached hydrogens (tertiary/aromatic N) is 2. The van der Waals surface area contributed by atoms with Crippen molar-refractivity contribution < 1.29 is 14.1 Å². The number of nitrogens with one attached hydrogen (secondary N) is 1. The standard InChI is InChI=1S/C17H19N3O3S2/c1-4-22-12-5-6-14-15(7-12)25-17(18-14)19-16(21)9-24-8-13-10(2)20-23-11(13)3/h5-7H,4,8-9H2,1-3H3,(H,18,19,21). The number of aryl methyl sites for hydroxylation is 2. The fraction of sp³-hybridized carbons (Fsp3) is 0.353. The van der Waals surface area contributed by atoms with E-state index in [1.807, 2.05) is 39.0 Å². The van der Waals surface area contributed by atoms with E-state index in [4.69, 9.17) is 9.26 Å². The summed E-state index contributed by atoms with van der Waals surface area (Å²) in [7, 11) is 0. The SMILES string of the molecule is CCOc1ccc2nc(NC(=O)CSCc3c(C)noc3C)sc2c1. The fourth-order valence-corrected chi connectivity index (χ4v) is 4.21. The highest BCUT2D eigenvalue weighted by molar-refractivity contribution is 7.99. The lowest BCUT2D eigenvalue weighted by molar-refractivity contribution is -0.113. The average Bonchev–Trinajstić information content (AvgIpc) is 3.11. The van der Waals surface area contributed by atoms with Gasteiger partial charge in [0.25, 0.3) is 0 Å². The van der Waals surface area contributed by atoms with Gasteiger partial charge in [-0.2, -0.15) is 0 Å². The summed E-state index contributed by atoms with van der Waals surface area (Å²) in [5.41, 5.74) is 2.79. The molecule has 1 amide bonds. The Balaban J connectivity index is 1.56. The topological polar surface area (TPSA) is 77.2 Å². The van der Waals surface area contributed by atoms with Crippen LogP contribution in [0.2, 0.25) is 0 Å². The number of ether oxygens (including phenoxy) is 1. The van der Waals surface area contributed by atoms with Crippen molar-refractivity contribution in [3.05, 3.63) is 35.2 Å². The van der Waals surface area contributed by atoms with Crippen LogP contribution in [0.25, 0.3) is 10.2 Å². The quantitative estimate of drug-likeness (QED) is 0.666. The Kier molecular flexibility index (Phi) is 5.60. The second kappa shape index (κ2) is 7.88. The van der Waals surface area contributed by atoms with Crippen LogP contribution in [0.15, 0.2) is 22.7 Å². The van der Waals surface area contributed by atoms with Crippen LogP contribution in [0.3, 0.4) is 0 Å². The van der Waals surface area contributed by atoms with Gasteiger partial charge in [0, 0.05) is 11.3 Å². The fourth-order valence-electron chi connectivity index (χ4n) is 2.32. The highest BCUT2D eigenvalue weighted by Gasteiger charge is 2.12. The molecule has 0 aliphatic rings. The number of aromatic nitrogens is 2. The van der Waals surface area contributed by atoms with Gasteiger partial charge in [0.05, 0.1) is 28.3 Å². The van der Waals surface area contributed by atoms with Crippen molar-refractivity contribution in [3.8, 4) is 5.75 Å². The lowest BCUT2D eigenvalue weighted by atomic mass is 10.2. The molecule has 0 spiro atoms. The van der Waals surface area contributed by atoms with Crippen LogP contribution in [0, 0.1) is 13.8 Å². The van der Waals surface area contributed by atoms with Crippen LogP contribution in [0.1, 0.15) is 23.9 Å². The summed E-state index contributed by atoms with van der Waals surface area (Å²) in [4.78, 5) is 16.6. The molecule has 6 nitrogen and oxygen atoms in total. The average molecular weight is 377 g/mol. The normalized spacial score (nSPS) is 11.0. The van der Waals surface area contributed by atoms with Crippen molar-refractivity contribution >= 4 is 44.4 Å². The van der Waals surface area contributed by atoms with E-state index >= 15 is 0 Å². The summed E-state index contributed by atoms with van der Waals surface area (Å²) in [5.74, 6) is 2.60. The first-order valence-electron chi connectivity index (χ1n) is 7.89. The Labute approximate surface area is 153 Å². The van der Waals surface area contributed by atoms with Gasteiger partial charge < -0.3 is 14.6 Å². The monoisotopic (exact) mass is 377 g/mol. The molecule has 0 atom stereocenters. The van der Waals surface area contributed by atoms with Crippen molar-refractivity contribution in [1.82, 2.24) is 10.1 Å². The summed E-state index contributed by atoms with van der Waals surface area (Å²) in [5, 5.41) is 7.38. The van der Waals surface area contributed by atoms with Crippen molar-refractivity contribution in [2.75, 3.05) is 17.7 Å². The Hall–Kier alpha value is -2.06. The summed E-state index contributed by atoms with van der Waals surface area (Å²) in [6, 6.07) is 5.73. The van der Waals surface area contributed by atoms with Gasteiger partial charge in [0.1, 0.15) is 11.5 Å². The number of rotatable bonds is 7. The predicted molar refractivity (Wildman–Crippen MR) is 102 cm³/mol. The van der Waals surface area contributed by atoms with Gasteiger partial charge >= 0.3 is 0 Å². The van der Waals surface area contributed by atoms with Crippen LogP contribution in [0.5, 0.6) is 5.75 Å². The second-order valence-corrected chi connectivity index (χ2v) is 7.44. The minimum absolute atomic E-state index is 0.0687. The molecule has 2 aromatic heterocycles. The third-order valence-corrected chi connectivity index (χ3v) is 5.47. The second-order valence-electron chi connectivity index (χ2n) is 5.43. The van der Waals surface area contributed by atoms with Crippen molar-refractivity contribution in [2.24, 2.45) is 0 Å². The molecular formula is C17H19N3O3S2. The maximum Gasteiger partial charge on any atom is 0.236 e. The molecule has 0 aliphatic heterocycles. The van der Waals surface area contributed by atoms with E-state index in [-0.39, 0.29) is 5.91 Å². The first-order valence-corrected chi connectivity index (χ1v) is 9.86. The molecule has 132 valence electrons. The van der Waals surface area contributed by atoms with Crippen LogP contribution in [0.4, 0.5) is 5.13 Å². The molecule has 0 radical (unpaired) electrons. The molecule has 3 rings (SSSR count). The molecule has 0 unspecified atom stereocenters. The molecule has 0 aliphatic carbocycles. The van der Waals surface area contributed by atoms with E-state index in [9.17, 15) is 4.79 Å². The van der Waals surface area contributed by atoms with Gasteiger partial charge in [-0.25, -0.2) is 4.98 Å². The summed E-state index contributed by atoms with van der Waals surface area (Å²) >= 11 is 2.97. The molecule has 0 bridgehead atoms. The zero-order chi connectivity index (χ0) is 17.8. The summed E-state index contributed by atoms with van der Waals surface area (Å²) in [6.45, 7) is 6.36. The number of carbonyl (C=O) groups excluding carboxylic acids is 1. The molecule has 8 heteroatoms. The van der Waals surface area contributed by atoms with E-state index < -0.39 is 0 Å². The molecule has 0 fully saturated rings. The van der Waals surface area contributed by atoms with Gasteiger partial charge in [-0.05, 0) is 39.0 Å². The van der Waals surface area contributed by atoms with Crippen molar-refractivity contribution in [3.63, 3.8) is 0 Å². The molecule has 2 heterocycles. The Morgan fingerprint density at radius 3 is 2.96 bits per heavy atom. The largest absolute Gasteiger partial charge is 0.494 e. The molecule has 0 saturated carbocycles. The minimum Gasteiger partial charge on any atom is -0.494 e. The van der Waals surface area contributed by atoms with Gasteiger partial charge in [0.15, 0.2) is 5.13 Å². The van der Waals surface area contributed by atoms with E-state index in [1.54, 1.807) is 0 Å². The third-order valence-electron chi connectivity index (χ3n) is 3.58. The van der Waals surface area contributed by atoms with E-state index in [0.29, 0.717) is 23.2 Å². The summed E-state index contributed by atoms with van der Waals surface area (Å²) in [6.07, 6.45) is 0. The maximum atomic E-state index is 12.1. The highest BCUT2D eigenvalue weighted by atomic mass is 32.2. The predicted octanol–water partition coefficient (Wildman–Crippen LogP) is 4.17. The van der Waals surface area contributed by atoms with Crippen LogP contribution < -0.4 is 10.1 Å². The highest BCUT2D eigenvalue weighted by Crippen LogP contribution is 2.29. The smallest absolute Gasteiger partial charge is 0.236 e. The Bertz CT molecular complexity index is 869. The number of fused-ring (bicyclic) bond motifs is 1. The van der Waals surface area contributed by atoms with Crippen LogP contribution >= 0.6 is 23.1 Å². The molecule has 3 aromatic rings. The number of hydrogen-bond donors (Lipinski definition) is 1. The first kappa shape index (κ1) is 17.8. The van der Waals surface area contributed by atoms with E-state index in [2.05, 4.69) is 15.5 Å². The number of hydrogen-bond acceptors (Lipinski definition) is 7.